The van der Waals surface area contributed by atoms with Crippen molar-refractivity contribution in [2.45, 2.75) is 77.0 Å². The minimum atomic E-state index is -0.847. The van der Waals surface area contributed by atoms with E-state index in [1.807, 2.05) is 51.1 Å². The zero-order valence-corrected chi connectivity index (χ0v) is 20.1. The molecule has 0 aromatic heterocycles. The molecule has 1 heterocycles. The maximum absolute atomic E-state index is 13.2. The van der Waals surface area contributed by atoms with Crippen molar-refractivity contribution in [3.05, 3.63) is 35.9 Å². The van der Waals surface area contributed by atoms with Crippen LogP contribution >= 0.6 is 0 Å². The number of carbonyl (C=O) groups excluding carboxylic acids is 2. The molecule has 0 spiro atoms. The Morgan fingerprint density at radius 2 is 1.78 bits per heavy atom. The first-order valence-electron chi connectivity index (χ1n) is 12.2. The standard InChI is InChI=1S/C26H41N3O3/c1-26(2,3)28-25(32)22-15-19-12-8-9-13-20(19)16-29(22)17-23(30)21(24(31)27-4)14-18-10-6-5-7-11-18/h5-7,10-11,19-23,30H,8-9,12-17H2,1-4H3,(H,27,31)(H,28,32)/t19-,20+,21+,22-,23+/m0/s1. The van der Waals surface area contributed by atoms with Gasteiger partial charge in [-0.2, -0.15) is 0 Å². The molecule has 178 valence electrons. The Labute approximate surface area is 193 Å². The predicted octanol–water partition coefficient (Wildman–Crippen LogP) is 2.75. The normalized spacial score (nSPS) is 26.0. The van der Waals surface area contributed by atoms with Gasteiger partial charge in [-0.15, -0.1) is 0 Å². The van der Waals surface area contributed by atoms with Crippen LogP contribution < -0.4 is 10.6 Å². The Balaban J connectivity index is 1.77. The molecule has 1 aliphatic carbocycles. The fourth-order valence-corrected chi connectivity index (χ4v) is 5.45. The number of amides is 2. The van der Waals surface area contributed by atoms with Crippen LogP contribution in [0.1, 0.15) is 58.4 Å². The predicted molar refractivity (Wildman–Crippen MR) is 127 cm³/mol. The Hall–Kier alpha value is -1.92. The molecule has 1 aliphatic heterocycles. The number of fused-ring (bicyclic) bond motifs is 1. The van der Waals surface area contributed by atoms with Gasteiger partial charge in [0, 0.05) is 25.7 Å². The molecule has 0 radical (unpaired) electrons. The van der Waals surface area contributed by atoms with Crippen molar-refractivity contribution in [1.29, 1.82) is 0 Å². The van der Waals surface area contributed by atoms with Crippen LogP contribution in [-0.2, 0) is 16.0 Å². The number of nitrogens with one attached hydrogen (secondary N) is 2. The molecular formula is C26H41N3O3. The fraction of sp³-hybridized carbons (Fsp3) is 0.692. The van der Waals surface area contributed by atoms with Crippen LogP contribution in [0.4, 0.5) is 0 Å². The van der Waals surface area contributed by atoms with Crippen molar-refractivity contribution < 1.29 is 14.7 Å². The Kier molecular flexibility index (Phi) is 8.34. The van der Waals surface area contributed by atoms with Gasteiger partial charge >= 0.3 is 0 Å². The van der Waals surface area contributed by atoms with Gasteiger partial charge in [-0.1, -0.05) is 49.6 Å². The highest BCUT2D eigenvalue weighted by molar-refractivity contribution is 5.82. The van der Waals surface area contributed by atoms with E-state index < -0.39 is 12.0 Å². The molecule has 6 heteroatoms. The Morgan fingerprint density at radius 3 is 2.41 bits per heavy atom. The SMILES string of the molecule is CNC(=O)[C@H](Cc1ccccc1)[C@H](O)CN1C[C@H]2CCCC[C@H]2C[C@H]1C(=O)NC(C)(C)C. The lowest BCUT2D eigenvalue weighted by Crippen LogP contribution is -2.59. The van der Waals surface area contributed by atoms with E-state index >= 15 is 0 Å². The van der Waals surface area contributed by atoms with Gasteiger partial charge in [0.25, 0.3) is 0 Å². The van der Waals surface area contributed by atoms with Crippen LogP contribution in [0.2, 0.25) is 0 Å². The molecule has 3 N–H and O–H groups in total. The molecule has 1 saturated heterocycles. The minimum Gasteiger partial charge on any atom is -0.391 e. The summed E-state index contributed by atoms with van der Waals surface area (Å²) in [4.78, 5) is 28.0. The lowest BCUT2D eigenvalue weighted by molar-refractivity contribution is -0.134. The van der Waals surface area contributed by atoms with E-state index in [4.69, 9.17) is 0 Å². The summed E-state index contributed by atoms with van der Waals surface area (Å²) >= 11 is 0. The van der Waals surface area contributed by atoms with Gasteiger partial charge in [0.15, 0.2) is 0 Å². The van der Waals surface area contributed by atoms with E-state index in [2.05, 4.69) is 15.5 Å². The Bertz CT molecular complexity index is 761. The van der Waals surface area contributed by atoms with Crippen molar-refractivity contribution in [3.8, 4) is 0 Å². The third-order valence-corrected chi connectivity index (χ3v) is 7.07. The maximum atomic E-state index is 13.2. The van der Waals surface area contributed by atoms with Crippen LogP contribution in [-0.4, -0.2) is 59.6 Å². The summed E-state index contributed by atoms with van der Waals surface area (Å²) in [5.41, 5.74) is 0.719. The molecule has 2 fully saturated rings. The van der Waals surface area contributed by atoms with E-state index in [0.717, 1.165) is 18.5 Å². The van der Waals surface area contributed by atoms with Crippen LogP contribution in [0, 0.1) is 17.8 Å². The summed E-state index contributed by atoms with van der Waals surface area (Å²) in [5.74, 6) is 0.463. The van der Waals surface area contributed by atoms with Crippen molar-refractivity contribution >= 4 is 11.8 Å². The number of aliphatic hydroxyl groups excluding tert-OH is 1. The third-order valence-electron chi connectivity index (χ3n) is 7.07. The van der Waals surface area contributed by atoms with E-state index in [-0.39, 0.29) is 23.4 Å². The largest absolute Gasteiger partial charge is 0.391 e. The van der Waals surface area contributed by atoms with E-state index in [0.29, 0.717) is 24.8 Å². The molecule has 2 amide bonds. The average molecular weight is 444 g/mol. The number of rotatable bonds is 7. The number of piperidine rings is 1. The second kappa shape index (κ2) is 10.8. The monoisotopic (exact) mass is 443 g/mol. The molecule has 3 rings (SSSR count). The van der Waals surface area contributed by atoms with E-state index in [1.165, 1.54) is 25.7 Å². The molecule has 0 unspecified atom stereocenters. The topological polar surface area (TPSA) is 81.7 Å². The molecule has 0 bridgehead atoms. The summed E-state index contributed by atoms with van der Waals surface area (Å²) in [6, 6.07) is 9.55. The smallest absolute Gasteiger partial charge is 0.237 e. The quantitative estimate of drug-likeness (QED) is 0.605. The second-order valence-corrected chi connectivity index (χ2v) is 10.7. The first-order chi connectivity index (χ1) is 15.2. The minimum absolute atomic E-state index is 0.0354. The summed E-state index contributed by atoms with van der Waals surface area (Å²) in [6.07, 6.45) is 5.32. The first-order valence-corrected chi connectivity index (χ1v) is 12.2. The highest BCUT2D eigenvalue weighted by atomic mass is 16.3. The molecule has 5 atom stereocenters. The van der Waals surface area contributed by atoms with E-state index in [9.17, 15) is 14.7 Å². The first kappa shape index (κ1) is 24.7. The summed E-state index contributed by atoms with van der Waals surface area (Å²) < 4.78 is 0. The number of likely N-dealkylation sites (tertiary alicyclic amines) is 1. The summed E-state index contributed by atoms with van der Waals surface area (Å²) in [6.45, 7) is 7.14. The van der Waals surface area contributed by atoms with Gasteiger partial charge in [0.1, 0.15) is 0 Å². The van der Waals surface area contributed by atoms with E-state index in [1.54, 1.807) is 7.05 Å². The zero-order valence-electron chi connectivity index (χ0n) is 20.1. The highest BCUT2D eigenvalue weighted by Gasteiger charge is 2.42. The number of nitrogens with zero attached hydrogens (tertiary/aromatic N) is 1. The van der Waals surface area contributed by atoms with Gasteiger partial charge in [-0.05, 0) is 57.4 Å². The molecule has 2 aliphatic rings. The molecular weight excluding hydrogens is 402 g/mol. The van der Waals surface area contributed by atoms with Gasteiger partial charge in [0.2, 0.25) is 11.8 Å². The number of aliphatic hydroxyl groups is 1. The third kappa shape index (κ3) is 6.55. The van der Waals surface area contributed by atoms with Gasteiger partial charge < -0.3 is 15.7 Å². The van der Waals surface area contributed by atoms with Crippen molar-refractivity contribution in [1.82, 2.24) is 15.5 Å². The van der Waals surface area contributed by atoms with Crippen molar-refractivity contribution in [2.75, 3.05) is 20.1 Å². The number of benzene rings is 1. The maximum Gasteiger partial charge on any atom is 0.237 e. The molecule has 1 aromatic carbocycles. The highest BCUT2D eigenvalue weighted by Crippen LogP contribution is 2.39. The lowest BCUT2D eigenvalue weighted by atomic mass is 9.72. The fourth-order valence-electron chi connectivity index (χ4n) is 5.45. The van der Waals surface area contributed by atoms with Gasteiger partial charge in [0.05, 0.1) is 18.1 Å². The van der Waals surface area contributed by atoms with Gasteiger partial charge in [-0.25, -0.2) is 0 Å². The zero-order chi connectivity index (χ0) is 23.3. The second-order valence-electron chi connectivity index (χ2n) is 10.7. The number of hydrogen-bond acceptors (Lipinski definition) is 4. The summed E-state index contributed by atoms with van der Waals surface area (Å²) in [7, 11) is 1.61. The number of β-amino-alcohol motifs (C(OH)–C–C–N with tert-alkyl or cyclic N) is 1. The number of hydrogen-bond donors (Lipinski definition) is 3. The Morgan fingerprint density at radius 1 is 1.12 bits per heavy atom. The van der Waals surface area contributed by atoms with Crippen LogP contribution in [0.3, 0.4) is 0 Å². The molecule has 1 saturated carbocycles. The van der Waals surface area contributed by atoms with Crippen LogP contribution in [0.5, 0.6) is 0 Å². The van der Waals surface area contributed by atoms with Crippen molar-refractivity contribution in [3.63, 3.8) is 0 Å². The average Bonchev–Trinajstić information content (AvgIpc) is 2.76. The number of carbonyl (C=O) groups is 2. The summed E-state index contributed by atoms with van der Waals surface area (Å²) in [5, 5.41) is 17.1. The molecule has 1 aromatic rings. The molecule has 6 nitrogen and oxygen atoms in total. The lowest BCUT2D eigenvalue weighted by Gasteiger charge is -2.47. The van der Waals surface area contributed by atoms with Crippen molar-refractivity contribution in [2.24, 2.45) is 17.8 Å². The van der Waals surface area contributed by atoms with Crippen LogP contribution in [0.25, 0.3) is 0 Å². The molecule has 32 heavy (non-hydrogen) atoms. The van der Waals surface area contributed by atoms with Gasteiger partial charge in [-0.3, -0.25) is 14.5 Å². The van der Waals surface area contributed by atoms with Crippen LogP contribution in [0.15, 0.2) is 30.3 Å².